The van der Waals surface area contributed by atoms with Crippen molar-refractivity contribution in [3.63, 3.8) is 0 Å². The van der Waals surface area contributed by atoms with Gasteiger partial charge >= 0.3 is 0 Å². The predicted molar refractivity (Wildman–Crippen MR) is 135 cm³/mol. The summed E-state index contributed by atoms with van der Waals surface area (Å²) in [5, 5.41) is 9.86. The van der Waals surface area contributed by atoms with Crippen LogP contribution in [0.3, 0.4) is 0 Å². The molecule has 2 fully saturated rings. The van der Waals surface area contributed by atoms with Crippen LogP contribution in [0.25, 0.3) is 0 Å². The molecule has 1 amide bonds. The molecule has 0 spiro atoms. The summed E-state index contributed by atoms with van der Waals surface area (Å²) in [5.41, 5.74) is 1.94. The number of ether oxygens (including phenoxy) is 1. The zero-order chi connectivity index (χ0) is 23.8. The average Bonchev–Trinajstić information content (AvgIpc) is 2.90. The van der Waals surface area contributed by atoms with E-state index < -0.39 is 5.41 Å². The van der Waals surface area contributed by atoms with E-state index in [1.165, 1.54) is 18.4 Å². The molecule has 0 aromatic heterocycles. The highest BCUT2D eigenvalue weighted by atomic mass is 16.5. The van der Waals surface area contributed by atoms with Crippen molar-refractivity contribution in [1.29, 1.82) is 5.26 Å². The number of unbranched alkanes of at least 4 members (excludes halogenated alkanes) is 1. The molecular weight excluding hydrogens is 422 g/mol. The summed E-state index contributed by atoms with van der Waals surface area (Å²) in [5.74, 6) is 1.78. The first kappa shape index (κ1) is 24.3. The topological polar surface area (TPSA) is 56.6 Å². The van der Waals surface area contributed by atoms with Crippen molar-refractivity contribution in [2.24, 2.45) is 0 Å². The number of benzene rings is 2. The van der Waals surface area contributed by atoms with E-state index in [-0.39, 0.29) is 5.91 Å². The lowest BCUT2D eigenvalue weighted by atomic mass is 9.74. The van der Waals surface area contributed by atoms with Crippen LogP contribution in [0.15, 0.2) is 54.6 Å². The van der Waals surface area contributed by atoms with Crippen molar-refractivity contribution in [1.82, 2.24) is 9.80 Å². The maximum absolute atomic E-state index is 12.8. The van der Waals surface area contributed by atoms with Gasteiger partial charge in [0.15, 0.2) is 0 Å². The number of carbonyl (C=O) groups is 1. The molecule has 34 heavy (non-hydrogen) atoms. The summed E-state index contributed by atoms with van der Waals surface area (Å²) in [6.45, 7) is 4.23. The van der Waals surface area contributed by atoms with Gasteiger partial charge in [-0.1, -0.05) is 48.5 Å². The first-order chi connectivity index (χ1) is 16.6. The van der Waals surface area contributed by atoms with E-state index in [1.54, 1.807) is 0 Å². The normalized spacial score (nSPS) is 18.9. The van der Waals surface area contributed by atoms with Crippen molar-refractivity contribution in [2.75, 3.05) is 39.8 Å². The van der Waals surface area contributed by atoms with E-state index in [2.05, 4.69) is 36.2 Å². The second kappa shape index (κ2) is 11.5. The van der Waals surface area contributed by atoms with Crippen LogP contribution in [0.4, 0.5) is 0 Å². The Kier molecular flexibility index (Phi) is 8.24. The molecule has 2 aliphatic heterocycles. The number of hydrogen-bond acceptors (Lipinski definition) is 4. The molecule has 0 N–H and O–H groups in total. The van der Waals surface area contributed by atoms with Gasteiger partial charge in [0.1, 0.15) is 5.75 Å². The molecule has 0 unspecified atom stereocenters. The number of nitrogens with zero attached hydrogens (tertiary/aromatic N) is 3. The number of amides is 1. The standard InChI is InChI=1S/C29H37N3O2/c1-31-18-14-24(15-19-31)26-11-5-6-12-27(26)34-22-8-7-13-28(33)32-20-16-29(23-30,17-21-32)25-9-3-2-4-10-25/h2-6,9-12,24H,7-8,13-22H2,1H3. The van der Waals surface area contributed by atoms with Crippen molar-refractivity contribution in [2.45, 2.75) is 56.3 Å². The molecule has 4 rings (SSSR count). The number of piperidine rings is 2. The Bertz CT molecular complexity index is 968. The molecule has 2 aromatic rings. The highest BCUT2D eigenvalue weighted by molar-refractivity contribution is 5.76. The Balaban J connectivity index is 1.19. The van der Waals surface area contributed by atoms with Crippen molar-refractivity contribution < 1.29 is 9.53 Å². The second-order valence-electron chi connectivity index (χ2n) is 9.86. The van der Waals surface area contributed by atoms with E-state index in [1.807, 2.05) is 41.3 Å². The van der Waals surface area contributed by atoms with Gasteiger partial charge in [0, 0.05) is 19.5 Å². The third-order valence-electron chi connectivity index (χ3n) is 7.63. The number of likely N-dealkylation sites (tertiary alicyclic amines) is 2. The summed E-state index contributed by atoms with van der Waals surface area (Å²) < 4.78 is 6.16. The van der Waals surface area contributed by atoms with E-state index >= 15 is 0 Å². The number of rotatable bonds is 8. The third kappa shape index (κ3) is 5.80. The van der Waals surface area contributed by atoms with Crippen LogP contribution < -0.4 is 4.74 Å². The largest absolute Gasteiger partial charge is 0.493 e. The molecule has 0 aliphatic carbocycles. The average molecular weight is 460 g/mol. The lowest BCUT2D eigenvalue weighted by Gasteiger charge is -2.37. The van der Waals surface area contributed by atoms with Crippen LogP contribution in [-0.4, -0.2) is 55.5 Å². The van der Waals surface area contributed by atoms with Crippen LogP contribution in [0.5, 0.6) is 5.75 Å². The van der Waals surface area contributed by atoms with Gasteiger partial charge in [-0.05, 0) is 81.8 Å². The van der Waals surface area contributed by atoms with Crippen molar-refractivity contribution in [3.8, 4) is 11.8 Å². The summed E-state index contributed by atoms with van der Waals surface area (Å²) in [6.07, 6.45) is 6.01. The zero-order valence-electron chi connectivity index (χ0n) is 20.4. The summed E-state index contributed by atoms with van der Waals surface area (Å²) in [6, 6.07) is 21.0. The molecule has 0 atom stereocenters. The molecule has 180 valence electrons. The summed E-state index contributed by atoms with van der Waals surface area (Å²) in [4.78, 5) is 17.1. The van der Waals surface area contributed by atoms with Gasteiger partial charge in [-0.3, -0.25) is 4.79 Å². The van der Waals surface area contributed by atoms with Crippen molar-refractivity contribution in [3.05, 3.63) is 65.7 Å². The molecule has 2 aromatic carbocycles. The molecule has 0 saturated carbocycles. The number of hydrogen-bond donors (Lipinski definition) is 0. The minimum absolute atomic E-state index is 0.200. The Morgan fingerprint density at radius 1 is 1.00 bits per heavy atom. The smallest absolute Gasteiger partial charge is 0.222 e. The van der Waals surface area contributed by atoms with Crippen LogP contribution >= 0.6 is 0 Å². The van der Waals surface area contributed by atoms with E-state index in [0.717, 1.165) is 37.2 Å². The Labute approximate surface area is 204 Å². The number of carbonyl (C=O) groups excluding carboxylic acids is 1. The van der Waals surface area contributed by atoms with Gasteiger partial charge in [-0.25, -0.2) is 0 Å². The van der Waals surface area contributed by atoms with E-state index in [4.69, 9.17) is 4.74 Å². The zero-order valence-corrected chi connectivity index (χ0v) is 20.4. The summed E-state index contributed by atoms with van der Waals surface area (Å²) in [7, 11) is 2.19. The molecule has 0 bridgehead atoms. The molecule has 0 radical (unpaired) electrons. The monoisotopic (exact) mass is 459 g/mol. The molecule has 5 heteroatoms. The molecule has 2 saturated heterocycles. The Hall–Kier alpha value is -2.84. The highest BCUT2D eigenvalue weighted by Gasteiger charge is 2.37. The van der Waals surface area contributed by atoms with Gasteiger partial charge in [-0.2, -0.15) is 5.26 Å². The Morgan fingerprint density at radius 2 is 1.68 bits per heavy atom. The van der Waals surface area contributed by atoms with Crippen LogP contribution in [-0.2, 0) is 10.2 Å². The minimum Gasteiger partial charge on any atom is -0.493 e. The molecule has 5 nitrogen and oxygen atoms in total. The van der Waals surface area contributed by atoms with Gasteiger partial charge < -0.3 is 14.5 Å². The van der Waals surface area contributed by atoms with E-state index in [0.29, 0.717) is 44.9 Å². The predicted octanol–water partition coefficient (Wildman–Crippen LogP) is 5.13. The lowest BCUT2D eigenvalue weighted by Crippen LogP contribution is -2.44. The maximum Gasteiger partial charge on any atom is 0.222 e. The van der Waals surface area contributed by atoms with E-state index in [9.17, 15) is 10.1 Å². The van der Waals surface area contributed by atoms with Crippen LogP contribution in [0.1, 0.15) is 62.0 Å². The summed E-state index contributed by atoms with van der Waals surface area (Å²) >= 11 is 0. The molecule has 2 heterocycles. The number of nitriles is 1. The van der Waals surface area contributed by atoms with Gasteiger partial charge in [-0.15, -0.1) is 0 Å². The number of para-hydroxylation sites is 1. The second-order valence-corrected chi connectivity index (χ2v) is 9.86. The quantitative estimate of drug-likeness (QED) is 0.514. The first-order valence-electron chi connectivity index (χ1n) is 12.8. The lowest BCUT2D eigenvalue weighted by molar-refractivity contribution is -0.132. The van der Waals surface area contributed by atoms with Crippen molar-refractivity contribution >= 4 is 5.91 Å². The third-order valence-corrected chi connectivity index (χ3v) is 7.63. The minimum atomic E-state index is -0.465. The van der Waals surface area contributed by atoms with Gasteiger partial charge in [0.25, 0.3) is 0 Å². The van der Waals surface area contributed by atoms with Gasteiger partial charge in [0.2, 0.25) is 5.91 Å². The van der Waals surface area contributed by atoms with Crippen LogP contribution in [0.2, 0.25) is 0 Å². The molecule has 2 aliphatic rings. The van der Waals surface area contributed by atoms with Gasteiger partial charge in [0.05, 0.1) is 18.1 Å². The highest BCUT2D eigenvalue weighted by Crippen LogP contribution is 2.35. The Morgan fingerprint density at radius 3 is 2.38 bits per heavy atom. The fourth-order valence-corrected chi connectivity index (χ4v) is 5.35. The maximum atomic E-state index is 12.8. The van der Waals surface area contributed by atoms with Crippen LogP contribution in [0, 0.1) is 11.3 Å². The SMILES string of the molecule is CN1CCC(c2ccccc2OCCCCC(=O)N2CCC(C#N)(c3ccccc3)CC2)CC1. The first-order valence-corrected chi connectivity index (χ1v) is 12.8. The fraction of sp³-hybridized carbons (Fsp3) is 0.517. The fourth-order valence-electron chi connectivity index (χ4n) is 5.35. The molecular formula is C29H37N3O2.